The lowest BCUT2D eigenvalue weighted by molar-refractivity contribution is -0.126. The Labute approximate surface area is 124 Å². The van der Waals surface area contributed by atoms with Crippen LogP contribution in [0.1, 0.15) is 53.9 Å². The number of carbonyl (C=O) groups excluding carboxylic acids is 1. The standard InChI is InChI=1S/C18H29NO/c1-6-17(13(2)3)18(20)19-15(5)11-12-16-10-8-7-9-14(16)4/h7,9,11-13,15,17H,6,8,10H2,1-5H3,(H,19,20)/b12-11-. The molecule has 2 heteroatoms. The normalized spacial score (nSPS) is 18.7. The largest absolute Gasteiger partial charge is 0.350 e. The van der Waals surface area contributed by atoms with E-state index in [1.807, 2.05) is 6.92 Å². The van der Waals surface area contributed by atoms with Gasteiger partial charge in [-0.2, -0.15) is 0 Å². The van der Waals surface area contributed by atoms with Crippen LogP contribution in [-0.2, 0) is 4.79 Å². The highest BCUT2D eigenvalue weighted by Gasteiger charge is 2.20. The molecule has 0 fully saturated rings. The first kappa shape index (κ1) is 16.7. The van der Waals surface area contributed by atoms with Crippen LogP contribution in [0.4, 0.5) is 0 Å². The fourth-order valence-electron chi connectivity index (χ4n) is 2.62. The Kier molecular flexibility index (Phi) is 6.77. The Morgan fingerprint density at radius 3 is 2.65 bits per heavy atom. The minimum Gasteiger partial charge on any atom is -0.350 e. The summed E-state index contributed by atoms with van der Waals surface area (Å²) in [6.45, 7) is 10.5. The Morgan fingerprint density at radius 2 is 2.10 bits per heavy atom. The van der Waals surface area contributed by atoms with E-state index in [2.05, 4.69) is 57.3 Å². The van der Waals surface area contributed by atoms with Gasteiger partial charge in [-0.25, -0.2) is 0 Å². The van der Waals surface area contributed by atoms with Gasteiger partial charge in [-0.1, -0.05) is 45.1 Å². The van der Waals surface area contributed by atoms with Crippen LogP contribution in [0.3, 0.4) is 0 Å². The number of hydrogen-bond donors (Lipinski definition) is 1. The van der Waals surface area contributed by atoms with E-state index < -0.39 is 0 Å². The Hall–Kier alpha value is -1.31. The molecule has 0 aromatic carbocycles. The van der Waals surface area contributed by atoms with Crippen molar-refractivity contribution in [2.24, 2.45) is 11.8 Å². The van der Waals surface area contributed by atoms with Gasteiger partial charge in [0.1, 0.15) is 0 Å². The second-order valence-electron chi connectivity index (χ2n) is 6.06. The van der Waals surface area contributed by atoms with Crippen LogP contribution in [0, 0.1) is 11.8 Å². The van der Waals surface area contributed by atoms with Gasteiger partial charge in [-0.3, -0.25) is 4.79 Å². The van der Waals surface area contributed by atoms with Crippen LogP contribution < -0.4 is 5.32 Å². The fourth-order valence-corrected chi connectivity index (χ4v) is 2.62. The zero-order valence-corrected chi connectivity index (χ0v) is 13.6. The molecule has 0 aliphatic heterocycles. The molecular weight excluding hydrogens is 246 g/mol. The average Bonchev–Trinajstić information content (AvgIpc) is 2.38. The Morgan fingerprint density at radius 1 is 1.40 bits per heavy atom. The lowest BCUT2D eigenvalue weighted by Gasteiger charge is -2.20. The molecule has 0 aromatic rings. The summed E-state index contributed by atoms with van der Waals surface area (Å²) in [4.78, 5) is 12.2. The van der Waals surface area contributed by atoms with E-state index in [1.165, 1.54) is 11.1 Å². The molecule has 1 N–H and O–H groups in total. The van der Waals surface area contributed by atoms with Crippen LogP contribution in [0.25, 0.3) is 0 Å². The first-order chi connectivity index (χ1) is 9.45. The van der Waals surface area contributed by atoms with Crippen molar-refractivity contribution in [1.82, 2.24) is 5.32 Å². The Bertz CT molecular complexity index is 415. The topological polar surface area (TPSA) is 29.1 Å². The number of carbonyl (C=O) groups is 1. The van der Waals surface area contributed by atoms with E-state index in [4.69, 9.17) is 0 Å². The van der Waals surface area contributed by atoms with E-state index >= 15 is 0 Å². The first-order valence-corrected chi connectivity index (χ1v) is 7.80. The highest BCUT2D eigenvalue weighted by molar-refractivity contribution is 5.79. The first-order valence-electron chi connectivity index (χ1n) is 7.80. The molecule has 0 spiro atoms. The molecule has 1 aliphatic carbocycles. The maximum absolute atomic E-state index is 12.2. The number of allylic oxidation sites excluding steroid dienone is 5. The van der Waals surface area contributed by atoms with Crippen LogP contribution in [0.5, 0.6) is 0 Å². The quantitative estimate of drug-likeness (QED) is 0.765. The van der Waals surface area contributed by atoms with Crippen molar-refractivity contribution in [3.63, 3.8) is 0 Å². The summed E-state index contributed by atoms with van der Waals surface area (Å²) in [6.07, 6.45) is 11.8. The summed E-state index contributed by atoms with van der Waals surface area (Å²) < 4.78 is 0. The maximum Gasteiger partial charge on any atom is 0.223 e. The third kappa shape index (κ3) is 4.99. The molecule has 1 amide bonds. The van der Waals surface area contributed by atoms with Gasteiger partial charge in [0, 0.05) is 12.0 Å². The van der Waals surface area contributed by atoms with Crippen molar-refractivity contribution in [3.8, 4) is 0 Å². The lowest BCUT2D eigenvalue weighted by atomic mass is 9.92. The molecular formula is C18H29NO. The molecule has 112 valence electrons. The number of hydrogen-bond acceptors (Lipinski definition) is 1. The summed E-state index contributed by atoms with van der Waals surface area (Å²) in [5.74, 6) is 0.683. The maximum atomic E-state index is 12.2. The fraction of sp³-hybridized carbons (Fsp3) is 0.611. The van der Waals surface area contributed by atoms with Gasteiger partial charge in [0.25, 0.3) is 0 Å². The van der Waals surface area contributed by atoms with Gasteiger partial charge < -0.3 is 5.32 Å². The van der Waals surface area contributed by atoms with E-state index in [9.17, 15) is 4.79 Å². The molecule has 0 radical (unpaired) electrons. The molecule has 0 aromatic heterocycles. The van der Waals surface area contributed by atoms with Crippen LogP contribution in [0.2, 0.25) is 0 Å². The molecule has 20 heavy (non-hydrogen) atoms. The molecule has 0 heterocycles. The zero-order valence-electron chi connectivity index (χ0n) is 13.6. The Balaban J connectivity index is 2.57. The van der Waals surface area contributed by atoms with Gasteiger partial charge in [-0.15, -0.1) is 0 Å². The zero-order chi connectivity index (χ0) is 15.1. The predicted molar refractivity (Wildman–Crippen MR) is 86.4 cm³/mol. The van der Waals surface area contributed by atoms with Gasteiger partial charge in [0.15, 0.2) is 0 Å². The van der Waals surface area contributed by atoms with Crippen molar-refractivity contribution in [2.75, 3.05) is 0 Å². The number of rotatable bonds is 6. The second-order valence-corrected chi connectivity index (χ2v) is 6.06. The van der Waals surface area contributed by atoms with Crippen LogP contribution in [0.15, 0.2) is 35.5 Å². The highest BCUT2D eigenvalue weighted by Crippen LogP contribution is 2.20. The van der Waals surface area contributed by atoms with Crippen molar-refractivity contribution >= 4 is 5.91 Å². The minimum atomic E-state index is 0.0847. The molecule has 1 aliphatic rings. The molecule has 0 bridgehead atoms. The van der Waals surface area contributed by atoms with E-state index in [0.717, 1.165) is 19.3 Å². The van der Waals surface area contributed by atoms with Crippen molar-refractivity contribution < 1.29 is 4.79 Å². The summed E-state index contributed by atoms with van der Waals surface area (Å²) in [7, 11) is 0. The predicted octanol–water partition coefficient (Wildman–Crippen LogP) is 4.40. The van der Waals surface area contributed by atoms with Crippen molar-refractivity contribution in [3.05, 3.63) is 35.5 Å². The summed E-state index contributed by atoms with van der Waals surface area (Å²) in [5.41, 5.74) is 2.71. The van der Waals surface area contributed by atoms with Gasteiger partial charge in [0.05, 0.1) is 0 Å². The van der Waals surface area contributed by atoms with Crippen LogP contribution in [-0.4, -0.2) is 11.9 Å². The van der Waals surface area contributed by atoms with E-state index in [-0.39, 0.29) is 17.9 Å². The van der Waals surface area contributed by atoms with Gasteiger partial charge in [0.2, 0.25) is 5.91 Å². The summed E-state index contributed by atoms with van der Waals surface area (Å²) in [6, 6.07) is 0.0847. The summed E-state index contributed by atoms with van der Waals surface area (Å²) >= 11 is 0. The number of nitrogens with one attached hydrogen (secondary N) is 1. The van der Waals surface area contributed by atoms with Crippen molar-refractivity contribution in [2.45, 2.75) is 59.9 Å². The van der Waals surface area contributed by atoms with Crippen LogP contribution >= 0.6 is 0 Å². The van der Waals surface area contributed by atoms with Gasteiger partial charge >= 0.3 is 0 Å². The highest BCUT2D eigenvalue weighted by atomic mass is 16.1. The average molecular weight is 275 g/mol. The molecule has 2 unspecified atom stereocenters. The molecule has 2 atom stereocenters. The molecule has 2 nitrogen and oxygen atoms in total. The minimum absolute atomic E-state index is 0.0847. The second kappa shape index (κ2) is 8.08. The lowest BCUT2D eigenvalue weighted by Crippen LogP contribution is -2.38. The number of amides is 1. The van der Waals surface area contributed by atoms with E-state index in [1.54, 1.807) is 0 Å². The summed E-state index contributed by atoms with van der Waals surface area (Å²) in [5, 5.41) is 3.10. The van der Waals surface area contributed by atoms with Crippen molar-refractivity contribution in [1.29, 1.82) is 0 Å². The SMILES string of the molecule is CCC(C(=O)NC(C)/C=C\C1=C(C)C=CCC1)C(C)C. The van der Waals surface area contributed by atoms with E-state index in [0.29, 0.717) is 5.92 Å². The van der Waals surface area contributed by atoms with Gasteiger partial charge in [-0.05, 0) is 50.2 Å². The molecule has 0 saturated heterocycles. The third-order valence-electron chi connectivity index (χ3n) is 3.99. The monoisotopic (exact) mass is 275 g/mol. The molecule has 0 saturated carbocycles. The molecule has 1 rings (SSSR count). The third-order valence-corrected chi connectivity index (χ3v) is 3.99. The smallest absolute Gasteiger partial charge is 0.223 e.